The summed E-state index contributed by atoms with van der Waals surface area (Å²) in [5, 5.41) is 0.636. The molecule has 1 aliphatic rings. The zero-order valence-electron chi connectivity index (χ0n) is 18.0. The summed E-state index contributed by atoms with van der Waals surface area (Å²) in [6, 6.07) is 19.4. The van der Waals surface area contributed by atoms with Crippen LogP contribution in [0.1, 0.15) is 42.1 Å². The number of halogens is 1. The van der Waals surface area contributed by atoms with E-state index in [9.17, 15) is 4.79 Å². The van der Waals surface area contributed by atoms with Crippen molar-refractivity contribution in [2.24, 2.45) is 0 Å². The Morgan fingerprint density at radius 3 is 2.29 bits per heavy atom. The predicted molar refractivity (Wildman–Crippen MR) is 124 cm³/mol. The number of rotatable bonds is 6. The van der Waals surface area contributed by atoms with Gasteiger partial charge >= 0.3 is 0 Å². The molecule has 0 saturated heterocycles. The van der Waals surface area contributed by atoms with E-state index in [-0.39, 0.29) is 11.9 Å². The molecule has 1 unspecified atom stereocenters. The molecular weight excluding hydrogens is 410 g/mol. The number of hydrogen-bond donors (Lipinski definition) is 0. The summed E-state index contributed by atoms with van der Waals surface area (Å²) < 4.78 is 11.7. The van der Waals surface area contributed by atoms with Crippen molar-refractivity contribution >= 4 is 23.2 Å². The Morgan fingerprint density at radius 1 is 0.968 bits per heavy atom. The fourth-order valence-corrected chi connectivity index (χ4v) is 4.30. The first kappa shape index (κ1) is 21.3. The maximum absolute atomic E-state index is 13.4. The summed E-state index contributed by atoms with van der Waals surface area (Å²) in [5.74, 6) is 1.39. The molecule has 0 N–H and O–H groups in total. The quantitative estimate of drug-likeness (QED) is 0.467. The van der Waals surface area contributed by atoms with Crippen molar-refractivity contribution in [3.8, 4) is 11.5 Å². The van der Waals surface area contributed by atoms with Gasteiger partial charge in [0.1, 0.15) is 0 Å². The van der Waals surface area contributed by atoms with E-state index in [0.717, 1.165) is 27.9 Å². The monoisotopic (exact) mass is 435 g/mol. The van der Waals surface area contributed by atoms with Gasteiger partial charge in [0, 0.05) is 10.7 Å². The van der Waals surface area contributed by atoms with Crippen molar-refractivity contribution in [3.63, 3.8) is 0 Å². The second-order valence-electron chi connectivity index (χ2n) is 7.60. The second kappa shape index (κ2) is 9.03. The molecule has 160 valence electrons. The number of amides is 1. The number of ether oxygens (including phenoxy) is 2. The van der Waals surface area contributed by atoms with Gasteiger partial charge in [0.05, 0.1) is 25.7 Å². The molecule has 31 heavy (non-hydrogen) atoms. The molecule has 3 aromatic rings. The lowest BCUT2D eigenvalue weighted by atomic mass is 9.86. The van der Waals surface area contributed by atoms with Crippen LogP contribution in [0.3, 0.4) is 0 Å². The summed E-state index contributed by atoms with van der Waals surface area (Å²) in [6.45, 7) is 6.98. The maximum Gasteiger partial charge on any atom is 0.232 e. The van der Waals surface area contributed by atoms with Gasteiger partial charge < -0.3 is 14.4 Å². The minimum Gasteiger partial charge on any atom is -0.490 e. The van der Waals surface area contributed by atoms with Crippen LogP contribution in [0.2, 0.25) is 5.02 Å². The lowest BCUT2D eigenvalue weighted by Gasteiger charge is -2.38. The van der Waals surface area contributed by atoms with E-state index in [0.29, 0.717) is 36.2 Å². The Kier molecular flexibility index (Phi) is 6.19. The van der Waals surface area contributed by atoms with Gasteiger partial charge in [0.2, 0.25) is 5.91 Å². The lowest BCUT2D eigenvalue weighted by molar-refractivity contribution is -0.118. The summed E-state index contributed by atoms with van der Waals surface area (Å²) in [6.07, 6.45) is 0.298. The van der Waals surface area contributed by atoms with Crippen molar-refractivity contribution in [1.29, 1.82) is 0 Å². The van der Waals surface area contributed by atoms with Gasteiger partial charge in [-0.3, -0.25) is 4.79 Å². The topological polar surface area (TPSA) is 38.8 Å². The van der Waals surface area contributed by atoms with Crippen molar-refractivity contribution in [1.82, 2.24) is 0 Å². The number of carbonyl (C=O) groups is 1. The molecule has 0 saturated carbocycles. The largest absolute Gasteiger partial charge is 0.490 e. The van der Waals surface area contributed by atoms with Gasteiger partial charge in [0.25, 0.3) is 0 Å². The highest BCUT2D eigenvalue weighted by Gasteiger charge is 2.36. The van der Waals surface area contributed by atoms with Gasteiger partial charge in [-0.05, 0) is 73.9 Å². The number of nitrogens with zero attached hydrogens (tertiary/aromatic N) is 1. The van der Waals surface area contributed by atoms with Crippen LogP contribution < -0.4 is 14.4 Å². The Morgan fingerprint density at radius 2 is 1.65 bits per heavy atom. The van der Waals surface area contributed by atoms with Gasteiger partial charge in [-0.1, -0.05) is 41.4 Å². The SMILES string of the molecule is CCOc1cc2c(cc1OCC)C(c1cccc(Cl)c1)N(c1ccc(C)cc1)C(=O)C2. The van der Waals surface area contributed by atoms with E-state index in [2.05, 4.69) is 0 Å². The minimum atomic E-state index is -0.312. The molecule has 0 bridgehead atoms. The molecule has 1 heterocycles. The normalized spacial score (nSPS) is 15.5. The van der Waals surface area contributed by atoms with Crippen molar-refractivity contribution < 1.29 is 14.3 Å². The van der Waals surface area contributed by atoms with E-state index in [1.165, 1.54) is 0 Å². The highest BCUT2D eigenvalue weighted by Crippen LogP contribution is 2.43. The minimum absolute atomic E-state index is 0.0351. The third kappa shape index (κ3) is 4.26. The number of benzene rings is 3. The number of anilines is 1. The van der Waals surface area contributed by atoms with Crippen LogP contribution in [0, 0.1) is 6.92 Å². The molecule has 5 heteroatoms. The molecule has 0 aliphatic carbocycles. The molecular formula is C26H26ClNO3. The first-order valence-electron chi connectivity index (χ1n) is 10.6. The third-order valence-corrected chi connectivity index (χ3v) is 5.68. The van der Waals surface area contributed by atoms with Crippen molar-refractivity contribution in [2.45, 2.75) is 33.2 Å². The first-order chi connectivity index (χ1) is 15.0. The molecule has 3 aromatic carbocycles. The number of carbonyl (C=O) groups excluding carboxylic acids is 1. The molecule has 4 rings (SSSR count). The maximum atomic E-state index is 13.4. The third-order valence-electron chi connectivity index (χ3n) is 5.44. The van der Waals surface area contributed by atoms with E-state index >= 15 is 0 Å². The van der Waals surface area contributed by atoms with E-state index < -0.39 is 0 Å². The molecule has 0 spiro atoms. The lowest BCUT2D eigenvalue weighted by Crippen LogP contribution is -2.41. The van der Waals surface area contributed by atoms with E-state index in [4.69, 9.17) is 21.1 Å². The molecule has 0 aromatic heterocycles. The molecule has 0 fully saturated rings. The first-order valence-corrected chi connectivity index (χ1v) is 11.0. The Hall–Kier alpha value is -2.98. The average Bonchev–Trinajstić information content (AvgIpc) is 2.75. The average molecular weight is 436 g/mol. The molecule has 1 aliphatic heterocycles. The Labute approximate surface area is 188 Å². The standard InChI is InChI=1S/C26H26ClNO3/c1-4-30-23-14-19-15-25(29)28(21-11-9-17(3)10-12-21)26(18-7-6-8-20(27)13-18)22(19)16-24(23)31-5-2/h6-14,16,26H,4-5,15H2,1-3H3. The van der Waals surface area contributed by atoms with Crippen LogP contribution in [0.15, 0.2) is 60.7 Å². The van der Waals surface area contributed by atoms with Crippen LogP contribution >= 0.6 is 11.6 Å². The van der Waals surface area contributed by atoms with Crippen molar-refractivity contribution in [2.75, 3.05) is 18.1 Å². The molecule has 4 nitrogen and oxygen atoms in total. The van der Waals surface area contributed by atoms with Gasteiger partial charge in [-0.15, -0.1) is 0 Å². The summed E-state index contributed by atoms with van der Waals surface area (Å²) in [4.78, 5) is 15.3. The number of aryl methyl sites for hydroxylation is 1. The van der Waals surface area contributed by atoms with Crippen molar-refractivity contribution in [3.05, 3.63) is 87.9 Å². The number of fused-ring (bicyclic) bond motifs is 1. The van der Waals surface area contributed by atoms with E-state index in [1.807, 2.05) is 86.3 Å². The summed E-state index contributed by atoms with van der Waals surface area (Å²) in [5.41, 5.74) is 4.93. The van der Waals surface area contributed by atoms with Gasteiger partial charge in [-0.25, -0.2) is 0 Å². The van der Waals surface area contributed by atoms with Crippen LogP contribution in [-0.4, -0.2) is 19.1 Å². The molecule has 0 radical (unpaired) electrons. The Balaban J connectivity index is 1.93. The molecule has 1 atom stereocenters. The van der Waals surface area contributed by atoms with Gasteiger partial charge in [-0.2, -0.15) is 0 Å². The smallest absolute Gasteiger partial charge is 0.232 e. The van der Waals surface area contributed by atoms with Crippen LogP contribution in [-0.2, 0) is 11.2 Å². The molecule has 1 amide bonds. The fourth-order valence-electron chi connectivity index (χ4n) is 4.10. The predicted octanol–water partition coefficient (Wildman–Crippen LogP) is 6.12. The fraction of sp³-hybridized carbons (Fsp3) is 0.269. The van der Waals surface area contributed by atoms with Crippen LogP contribution in [0.25, 0.3) is 0 Å². The second-order valence-corrected chi connectivity index (χ2v) is 8.03. The van der Waals surface area contributed by atoms with Crippen LogP contribution in [0.4, 0.5) is 5.69 Å². The summed E-state index contributed by atoms with van der Waals surface area (Å²) >= 11 is 6.34. The zero-order valence-corrected chi connectivity index (χ0v) is 18.8. The highest BCUT2D eigenvalue weighted by atomic mass is 35.5. The Bertz CT molecular complexity index is 1090. The highest BCUT2D eigenvalue weighted by molar-refractivity contribution is 6.30. The zero-order chi connectivity index (χ0) is 22.0. The van der Waals surface area contributed by atoms with E-state index in [1.54, 1.807) is 0 Å². The number of hydrogen-bond acceptors (Lipinski definition) is 3. The van der Waals surface area contributed by atoms with Crippen LogP contribution in [0.5, 0.6) is 11.5 Å². The van der Waals surface area contributed by atoms with Gasteiger partial charge in [0.15, 0.2) is 11.5 Å². The summed E-state index contributed by atoms with van der Waals surface area (Å²) in [7, 11) is 0.